The van der Waals surface area contributed by atoms with Crippen LogP contribution in [0, 0.1) is 0 Å². The predicted molar refractivity (Wildman–Crippen MR) is 84.1 cm³/mol. The Labute approximate surface area is 127 Å². The Morgan fingerprint density at radius 1 is 1.14 bits per heavy atom. The van der Waals surface area contributed by atoms with E-state index in [4.69, 9.17) is 0 Å². The SMILES string of the molecule is CN(C)CCN(C)c1ccc(S(=O)(=O)N2CCCC2)cn1. The second-order valence-corrected chi connectivity index (χ2v) is 7.63. The second-order valence-electron chi connectivity index (χ2n) is 5.69. The molecule has 1 saturated heterocycles. The first-order valence-corrected chi connectivity index (χ1v) is 8.67. The van der Waals surface area contributed by atoms with Gasteiger partial charge in [-0.25, -0.2) is 13.4 Å². The Balaban J connectivity index is 2.08. The van der Waals surface area contributed by atoms with Gasteiger partial charge in [-0.05, 0) is 39.1 Å². The predicted octanol–water partition coefficient (Wildman–Crippen LogP) is 0.864. The number of hydrogen-bond donors (Lipinski definition) is 0. The van der Waals surface area contributed by atoms with E-state index in [1.54, 1.807) is 16.4 Å². The number of sulfonamides is 1. The van der Waals surface area contributed by atoms with Crippen molar-refractivity contribution in [1.82, 2.24) is 14.2 Å². The van der Waals surface area contributed by atoms with E-state index in [2.05, 4.69) is 9.88 Å². The van der Waals surface area contributed by atoms with Crippen molar-refractivity contribution in [3.05, 3.63) is 18.3 Å². The lowest BCUT2D eigenvalue weighted by Gasteiger charge is -2.21. The van der Waals surface area contributed by atoms with Crippen LogP contribution in [0.4, 0.5) is 5.82 Å². The van der Waals surface area contributed by atoms with Crippen molar-refractivity contribution in [3.8, 4) is 0 Å². The van der Waals surface area contributed by atoms with Crippen LogP contribution in [0.15, 0.2) is 23.2 Å². The molecular weight excluding hydrogens is 288 g/mol. The molecule has 6 nitrogen and oxygen atoms in total. The summed E-state index contributed by atoms with van der Waals surface area (Å²) in [4.78, 5) is 8.70. The number of nitrogens with zero attached hydrogens (tertiary/aromatic N) is 4. The maximum atomic E-state index is 12.4. The summed E-state index contributed by atoms with van der Waals surface area (Å²) < 4.78 is 26.3. The molecular formula is C14H24N4O2S. The van der Waals surface area contributed by atoms with Gasteiger partial charge in [0.25, 0.3) is 0 Å². The molecule has 2 heterocycles. The molecule has 21 heavy (non-hydrogen) atoms. The van der Waals surface area contributed by atoms with Gasteiger partial charge in [-0.1, -0.05) is 0 Å². The van der Waals surface area contributed by atoms with E-state index in [1.807, 2.05) is 26.0 Å². The van der Waals surface area contributed by atoms with Crippen LogP contribution in [0.2, 0.25) is 0 Å². The van der Waals surface area contributed by atoms with Gasteiger partial charge in [-0.15, -0.1) is 0 Å². The van der Waals surface area contributed by atoms with Gasteiger partial charge in [0.15, 0.2) is 0 Å². The minimum Gasteiger partial charge on any atom is -0.358 e. The van der Waals surface area contributed by atoms with E-state index in [0.29, 0.717) is 13.1 Å². The topological polar surface area (TPSA) is 56.8 Å². The molecule has 0 atom stereocenters. The number of aromatic nitrogens is 1. The molecule has 0 saturated carbocycles. The average Bonchev–Trinajstić information content (AvgIpc) is 2.99. The fourth-order valence-electron chi connectivity index (χ4n) is 2.29. The van der Waals surface area contributed by atoms with E-state index in [9.17, 15) is 8.42 Å². The largest absolute Gasteiger partial charge is 0.358 e. The number of rotatable bonds is 6. The molecule has 0 aromatic carbocycles. The van der Waals surface area contributed by atoms with Gasteiger partial charge in [0.1, 0.15) is 10.7 Å². The van der Waals surface area contributed by atoms with Gasteiger partial charge in [0.2, 0.25) is 10.0 Å². The molecule has 1 aliphatic rings. The van der Waals surface area contributed by atoms with Crippen molar-refractivity contribution in [1.29, 1.82) is 0 Å². The summed E-state index contributed by atoms with van der Waals surface area (Å²) in [6, 6.07) is 3.43. The highest BCUT2D eigenvalue weighted by Crippen LogP contribution is 2.21. The smallest absolute Gasteiger partial charge is 0.244 e. The number of pyridine rings is 1. The lowest BCUT2D eigenvalue weighted by molar-refractivity contribution is 0.416. The van der Waals surface area contributed by atoms with Crippen molar-refractivity contribution in [2.45, 2.75) is 17.7 Å². The van der Waals surface area contributed by atoms with Crippen LogP contribution in [-0.2, 0) is 10.0 Å². The fourth-order valence-corrected chi connectivity index (χ4v) is 3.76. The highest BCUT2D eigenvalue weighted by molar-refractivity contribution is 7.89. The van der Waals surface area contributed by atoms with Crippen LogP contribution < -0.4 is 4.90 Å². The maximum Gasteiger partial charge on any atom is 0.244 e. The fraction of sp³-hybridized carbons (Fsp3) is 0.643. The molecule has 0 N–H and O–H groups in total. The normalized spacial score (nSPS) is 16.6. The van der Waals surface area contributed by atoms with Gasteiger partial charge in [-0.3, -0.25) is 0 Å². The summed E-state index contributed by atoms with van der Waals surface area (Å²) in [6.07, 6.45) is 3.35. The standard InChI is InChI=1S/C14H24N4O2S/c1-16(2)10-11-17(3)14-7-6-13(12-15-14)21(19,20)18-8-4-5-9-18/h6-7,12H,4-5,8-11H2,1-3H3. The van der Waals surface area contributed by atoms with E-state index < -0.39 is 10.0 Å². The van der Waals surface area contributed by atoms with Crippen LogP contribution in [-0.4, -0.2) is 69.9 Å². The molecule has 1 aromatic heterocycles. The van der Waals surface area contributed by atoms with Gasteiger partial charge in [0, 0.05) is 39.4 Å². The van der Waals surface area contributed by atoms with Crippen molar-refractivity contribution in [2.75, 3.05) is 52.2 Å². The summed E-state index contributed by atoms with van der Waals surface area (Å²) in [6.45, 7) is 3.00. The molecule has 0 bridgehead atoms. The molecule has 0 amide bonds. The van der Waals surface area contributed by atoms with Crippen LogP contribution in [0.3, 0.4) is 0 Å². The maximum absolute atomic E-state index is 12.4. The van der Waals surface area contributed by atoms with E-state index in [0.717, 1.165) is 31.7 Å². The highest BCUT2D eigenvalue weighted by Gasteiger charge is 2.27. The Morgan fingerprint density at radius 2 is 1.81 bits per heavy atom. The molecule has 1 aromatic rings. The third kappa shape index (κ3) is 3.93. The minimum atomic E-state index is -3.36. The summed E-state index contributed by atoms with van der Waals surface area (Å²) in [5.74, 6) is 0.789. The Kier molecular flexibility index (Phi) is 5.18. The average molecular weight is 312 g/mol. The zero-order valence-corrected chi connectivity index (χ0v) is 13.8. The monoisotopic (exact) mass is 312 g/mol. The Morgan fingerprint density at radius 3 is 2.33 bits per heavy atom. The quantitative estimate of drug-likeness (QED) is 0.780. The van der Waals surface area contributed by atoms with E-state index in [-0.39, 0.29) is 4.90 Å². The molecule has 1 aliphatic heterocycles. The van der Waals surface area contributed by atoms with E-state index >= 15 is 0 Å². The lowest BCUT2D eigenvalue weighted by Crippen LogP contribution is -2.29. The van der Waals surface area contributed by atoms with E-state index in [1.165, 1.54) is 6.20 Å². The summed E-state index contributed by atoms with van der Waals surface area (Å²) >= 11 is 0. The molecule has 0 spiro atoms. The lowest BCUT2D eigenvalue weighted by atomic mass is 10.4. The van der Waals surface area contributed by atoms with Crippen molar-refractivity contribution < 1.29 is 8.42 Å². The van der Waals surface area contributed by atoms with Gasteiger partial charge in [0.05, 0.1) is 0 Å². The molecule has 0 unspecified atom stereocenters. The zero-order valence-electron chi connectivity index (χ0n) is 13.0. The van der Waals surface area contributed by atoms with Gasteiger partial charge < -0.3 is 9.80 Å². The molecule has 0 radical (unpaired) electrons. The van der Waals surface area contributed by atoms with Crippen molar-refractivity contribution >= 4 is 15.8 Å². The minimum absolute atomic E-state index is 0.286. The third-order valence-corrected chi connectivity index (χ3v) is 5.58. The van der Waals surface area contributed by atoms with Crippen molar-refractivity contribution in [3.63, 3.8) is 0 Å². The van der Waals surface area contributed by atoms with Gasteiger partial charge in [-0.2, -0.15) is 4.31 Å². The first-order valence-electron chi connectivity index (χ1n) is 7.23. The third-order valence-electron chi connectivity index (χ3n) is 3.70. The number of hydrogen-bond acceptors (Lipinski definition) is 5. The summed E-state index contributed by atoms with van der Waals surface area (Å²) in [7, 11) is 2.64. The first kappa shape index (κ1) is 16.2. The number of anilines is 1. The zero-order chi connectivity index (χ0) is 15.5. The van der Waals surface area contributed by atoms with Crippen LogP contribution in [0.5, 0.6) is 0 Å². The number of likely N-dealkylation sites (N-methyl/N-ethyl adjacent to an activating group) is 2. The molecule has 118 valence electrons. The Hall–Kier alpha value is -1.18. The Bertz CT molecular complexity index is 551. The van der Waals surface area contributed by atoms with Crippen LogP contribution in [0.25, 0.3) is 0 Å². The molecule has 1 fully saturated rings. The van der Waals surface area contributed by atoms with Crippen LogP contribution in [0.1, 0.15) is 12.8 Å². The van der Waals surface area contributed by atoms with Crippen LogP contribution >= 0.6 is 0 Å². The second kappa shape index (κ2) is 6.72. The highest BCUT2D eigenvalue weighted by atomic mass is 32.2. The molecule has 0 aliphatic carbocycles. The molecule has 2 rings (SSSR count). The van der Waals surface area contributed by atoms with Crippen molar-refractivity contribution in [2.24, 2.45) is 0 Å². The van der Waals surface area contributed by atoms with Gasteiger partial charge >= 0.3 is 0 Å². The first-order chi connectivity index (χ1) is 9.91. The molecule has 7 heteroatoms. The summed E-state index contributed by atoms with van der Waals surface area (Å²) in [5, 5.41) is 0. The summed E-state index contributed by atoms with van der Waals surface area (Å²) in [5.41, 5.74) is 0.